The van der Waals surface area contributed by atoms with E-state index in [4.69, 9.17) is 15.2 Å². The van der Waals surface area contributed by atoms with Crippen LogP contribution in [0.2, 0.25) is 0 Å². The number of rotatable bonds is 8. The molecule has 1 unspecified atom stereocenters. The van der Waals surface area contributed by atoms with Crippen molar-refractivity contribution in [2.24, 2.45) is 5.73 Å². The van der Waals surface area contributed by atoms with Gasteiger partial charge in [0.05, 0.1) is 12.2 Å². The van der Waals surface area contributed by atoms with Crippen molar-refractivity contribution < 1.29 is 9.47 Å². The first-order valence-corrected chi connectivity index (χ1v) is 6.99. The summed E-state index contributed by atoms with van der Waals surface area (Å²) in [5, 5.41) is 0. The molecule has 0 bridgehead atoms. The fourth-order valence-electron chi connectivity index (χ4n) is 1.73. The zero-order chi connectivity index (χ0) is 14.3. The molecule has 108 valence electrons. The number of ether oxygens (including phenoxy) is 2. The molecule has 1 atom stereocenters. The molecule has 0 saturated heterocycles. The lowest BCUT2D eigenvalue weighted by Crippen LogP contribution is -2.25. The molecule has 0 heterocycles. The van der Waals surface area contributed by atoms with Crippen LogP contribution in [-0.2, 0) is 11.2 Å². The van der Waals surface area contributed by atoms with E-state index in [0.717, 1.165) is 25.0 Å². The SMILES string of the molecule is CCC(N)Cc1cccc(OCCC(C)(C)OC)c1. The summed E-state index contributed by atoms with van der Waals surface area (Å²) in [7, 11) is 1.73. The lowest BCUT2D eigenvalue weighted by atomic mass is 10.0. The van der Waals surface area contributed by atoms with E-state index < -0.39 is 0 Å². The van der Waals surface area contributed by atoms with E-state index in [1.54, 1.807) is 7.11 Å². The van der Waals surface area contributed by atoms with Crippen LogP contribution in [0.4, 0.5) is 0 Å². The minimum absolute atomic E-state index is 0.137. The van der Waals surface area contributed by atoms with Crippen LogP contribution in [0.5, 0.6) is 5.75 Å². The predicted molar refractivity (Wildman–Crippen MR) is 79.6 cm³/mol. The Morgan fingerprint density at radius 1 is 1.32 bits per heavy atom. The minimum atomic E-state index is -0.137. The molecule has 0 fully saturated rings. The highest BCUT2D eigenvalue weighted by atomic mass is 16.5. The molecule has 0 aliphatic carbocycles. The van der Waals surface area contributed by atoms with Crippen molar-refractivity contribution in [2.45, 2.75) is 51.7 Å². The van der Waals surface area contributed by atoms with Gasteiger partial charge in [-0.1, -0.05) is 19.1 Å². The maximum absolute atomic E-state index is 5.97. The number of nitrogens with two attached hydrogens (primary N) is 1. The van der Waals surface area contributed by atoms with Gasteiger partial charge in [-0.2, -0.15) is 0 Å². The Balaban J connectivity index is 2.48. The number of benzene rings is 1. The third-order valence-electron chi connectivity index (χ3n) is 3.45. The normalized spacial score (nSPS) is 13.3. The third-order valence-corrected chi connectivity index (χ3v) is 3.45. The summed E-state index contributed by atoms with van der Waals surface area (Å²) in [6.07, 6.45) is 2.76. The average molecular weight is 265 g/mol. The van der Waals surface area contributed by atoms with Gasteiger partial charge in [0, 0.05) is 19.6 Å². The molecule has 0 radical (unpaired) electrons. The molecule has 0 aliphatic heterocycles. The summed E-state index contributed by atoms with van der Waals surface area (Å²) in [6.45, 7) is 6.89. The largest absolute Gasteiger partial charge is 0.493 e. The smallest absolute Gasteiger partial charge is 0.119 e. The average Bonchev–Trinajstić information content (AvgIpc) is 2.39. The maximum atomic E-state index is 5.97. The van der Waals surface area contributed by atoms with Crippen molar-refractivity contribution in [1.29, 1.82) is 0 Å². The van der Waals surface area contributed by atoms with Crippen molar-refractivity contribution in [2.75, 3.05) is 13.7 Å². The quantitative estimate of drug-likeness (QED) is 0.785. The van der Waals surface area contributed by atoms with E-state index in [-0.39, 0.29) is 11.6 Å². The second-order valence-corrected chi connectivity index (χ2v) is 5.58. The van der Waals surface area contributed by atoms with E-state index in [1.807, 2.05) is 12.1 Å². The Bertz CT molecular complexity index is 377. The summed E-state index contributed by atoms with van der Waals surface area (Å²) in [5.41, 5.74) is 7.07. The Morgan fingerprint density at radius 3 is 2.68 bits per heavy atom. The Hall–Kier alpha value is -1.06. The fourth-order valence-corrected chi connectivity index (χ4v) is 1.73. The van der Waals surface area contributed by atoms with Crippen LogP contribution in [0.15, 0.2) is 24.3 Å². The van der Waals surface area contributed by atoms with Crippen molar-refractivity contribution in [3.8, 4) is 5.75 Å². The van der Waals surface area contributed by atoms with Crippen LogP contribution in [0.25, 0.3) is 0 Å². The van der Waals surface area contributed by atoms with E-state index in [1.165, 1.54) is 5.56 Å². The van der Waals surface area contributed by atoms with Crippen molar-refractivity contribution in [3.63, 3.8) is 0 Å². The van der Waals surface area contributed by atoms with Crippen LogP contribution in [0.1, 0.15) is 39.2 Å². The second kappa shape index (κ2) is 7.51. The van der Waals surface area contributed by atoms with E-state index in [2.05, 4.69) is 32.9 Å². The van der Waals surface area contributed by atoms with Gasteiger partial charge < -0.3 is 15.2 Å². The molecule has 19 heavy (non-hydrogen) atoms. The number of hydrogen-bond acceptors (Lipinski definition) is 3. The molecule has 3 heteroatoms. The molecule has 3 nitrogen and oxygen atoms in total. The molecule has 0 amide bonds. The van der Waals surface area contributed by atoms with Crippen LogP contribution in [0, 0.1) is 0 Å². The van der Waals surface area contributed by atoms with Crippen LogP contribution in [-0.4, -0.2) is 25.4 Å². The summed E-state index contributed by atoms with van der Waals surface area (Å²) < 4.78 is 11.1. The predicted octanol–water partition coefficient (Wildman–Crippen LogP) is 3.16. The number of hydrogen-bond donors (Lipinski definition) is 1. The molecule has 0 aliphatic rings. The van der Waals surface area contributed by atoms with Crippen molar-refractivity contribution in [1.82, 2.24) is 0 Å². The summed E-state index contributed by atoms with van der Waals surface area (Å²) in [6, 6.07) is 8.41. The molecule has 1 rings (SSSR count). The summed E-state index contributed by atoms with van der Waals surface area (Å²) >= 11 is 0. The highest BCUT2D eigenvalue weighted by molar-refractivity contribution is 5.29. The standard InChI is InChI=1S/C16H27NO2/c1-5-14(17)11-13-7-6-8-15(12-13)19-10-9-16(2,3)18-4/h6-8,12,14H,5,9-11,17H2,1-4H3. The molecular formula is C16H27NO2. The minimum Gasteiger partial charge on any atom is -0.493 e. The maximum Gasteiger partial charge on any atom is 0.119 e. The van der Waals surface area contributed by atoms with Crippen LogP contribution >= 0.6 is 0 Å². The first-order chi connectivity index (χ1) is 8.96. The fraction of sp³-hybridized carbons (Fsp3) is 0.625. The molecular weight excluding hydrogens is 238 g/mol. The Kier molecular flexibility index (Phi) is 6.32. The number of methoxy groups -OCH3 is 1. The summed E-state index contributed by atoms with van der Waals surface area (Å²) in [4.78, 5) is 0. The monoisotopic (exact) mass is 265 g/mol. The van der Waals surface area contributed by atoms with Crippen LogP contribution < -0.4 is 10.5 Å². The van der Waals surface area contributed by atoms with Gasteiger partial charge >= 0.3 is 0 Å². The lowest BCUT2D eigenvalue weighted by molar-refractivity contribution is 0.00545. The van der Waals surface area contributed by atoms with Gasteiger partial charge in [0.15, 0.2) is 0 Å². The lowest BCUT2D eigenvalue weighted by Gasteiger charge is -2.22. The van der Waals surface area contributed by atoms with Gasteiger partial charge in [-0.3, -0.25) is 0 Å². The van der Waals surface area contributed by atoms with Crippen molar-refractivity contribution >= 4 is 0 Å². The second-order valence-electron chi connectivity index (χ2n) is 5.58. The zero-order valence-electron chi connectivity index (χ0n) is 12.6. The first-order valence-electron chi connectivity index (χ1n) is 6.99. The Labute approximate surface area is 117 Å². The van der Waals surface area contributed by atoms with Gasteiger partial charge in [0.2, 0.25) is 0 Å². The van der Waals surface area contributed by atoms with Crippen molar-refractivity contribution in [3.05, 3.63) is 29.8 Å². The van der Waals surface area contributed by atoms with E-state index in [0.29, 0.717) is 6.61 Å². The highest BCUT2D eigenvalue weighted by Crippen LogP contribution is 2.18. The molecule has 2 N–H and O–H groups in total. The Morgan fingerprint density at radius 2 is 2.05 bits per heavy atom. The highest BCUT2D eigenvalue weighted by Gasteiger charge is 2.15. The van der Waals surface area contributed by atoms with Gasteiger partial charge in [0.1, 0.15) is 5.75 Å². The first kappa shape index (κ1) is 16.0. The van der Waals surface area contributed by atoms with E-state index >= 15 is 0 Å². The topological polar surface area (TPSA) is 44.5 Å². The molecule has 0 aromatic heterocycles. The molecule has 1 aromatic rings. The van der Waals surface area contributed by atoms with Gasteiger partial charge in [-0.05, 0) is 44.4 Å². The zero-order valence-corrected chi connectivity index (χ0v) is 12.6. The van der Waals surface area contributed by atoms with Gasteiger partial charge in [-0.25, -0.2) is 0 Å². The van der Waals surface area contributed by atoms with Gasteiger partial charge in [-0.15, -0.1) is 0 Å². The molecule has 0 spiro atoms. The third kappa shape index (κ3) is 6.08. The molecule has 0 saturated carbocycles. The van der Waals surface area contributed by atoms with Gasteiger partial charge in [0.25, 0.3) is 0 Å². The van der Waals surface area contributed by atoms with Crippen LogP contribution in [0.3, 0.4) is 0 Å². The van der Waals surface area contributed by atoms with E-state index in [9.17, 15) is 0 Å². The molecule has 1 aromatic carbocycles. The summed E-state index contributed by atoms with van der Waals surface area (Å²) in [5.74, 6) is 0.910.